The minimum atomic E-state index is -0.271. The predicted octanol–water partition coefficient (Wildman–Crippen LogP) is 4.92. The zero-order valence-corrected chi connectivity index (χ0v) is 10.6. The Bertz CT molecular complexity index is 247. The lowest BCUT2D eigenvalue weighted by Gasteiger charge is -2.17. The van der Waals surface area contributed by atoms with Gasteiger partial charge in [0.05, 0.1) is 6.10 Å². The van der Waals surface area contributed by atoms with Gasteiger partial charge < -0.3 is 4.74 Å². The zero-order valence-electron chi connectivity index (χ0n) is 10.6. The Morgan fingerprint density at radius 3 is 2.25 bits per heavy atom. The average Bonchev–Trinajstić information content (AvgIpc) is 2.26. The first-order valence-corrected chi connectivity index (χ1v) is 5.99. The van der Waals surface area contributed by atoms with Gasteiger partial charge in [-0.2, -0.15) is 0 Å². The Kier molecular flexibility index (Phi) is 8.59. The smallest absolute Gasteiger partial charge is 0.119 e. The van der Waals surface area contributed by atoms with Gasteiger partial charge in [0.25, 0.3) is 0 Å². The van der Waals surface area contributed by atoms with Crippen LogP contribution in [-0.4, -0.2) is 6.10 Å². The lowest BCUT2D eigenvalue weighted by Crippen LogP contribution is -2.11. The summed E-state index contributed by atoms with van der Waals surface area (Å²) in [6.07, 6.45) is 8.78. The molecule has 0 atom stereocenters. The molecule has 0 N–H and O–H groups in total. The minimum Gasteiger partial charge on any atom is -0.491 e. The van der Waals surface area contributed by atoms with Gasteiger partial charge >= 0.3 is 0 Å². The van der Waals surface area contributed by atoms with E-state index in [1.807, 2.05) is 0 Å². The summed E-state index contributed by atoms with van der Waals surface area (Å²) in [5.41, 5.74) is 0. The van der Waals surface area contributed by atoms with Crippen molar-refractivity contribution in [1.29, 1.82) is 0 Å². The van der Waals surface area contributed by atoms with Crippen LogP contribution in [0.5, 0.6) is 0 Å². The van der Waals surface area contributed by atoms with Gasteiger partial charge in [0.15, 0.2) is 0 Å². The van der Waals surface area contributed by atoms with E-state index in [1.54, 1.807) is 13.0 Å². The van der Waals surface area contributed by atoms with Crippen LogP contribution in [-0.2, 0) is 4.74 Å². The third-order valence-corrected chi connectivity index (χ3v) is 2.24. The summed E-state index contributed by atoms with van der Waals surface area (Å²) < 4.78 is 18.5. The molecular weight excluding hydrogens is 203 g/mol. The molecule has 0 heterocycles. The van der Waals surface area contributed by atoms with Crippen molar-refractivity contribution in [2.75, 3.05) is 0 Å². The third kappa shape index (κ3) is 7.27. The van der Waals surface area contributed by atoms with E-state index in [0.29, 0.717) is 5.76 Å². The van der Waals surface area contributed by atoms with Crippen molar-refractivity contribution in [1.82, 2.24) is 0 Å². The molecule has 0 radical (unpaired) electrons. The minimum absolute atomic E-state index is 0.209. The van der Waals surface area contributed by atoms with Crippen molar-refractivity contribution in [3.63, 3.8) is 0 Å². The Balaban J connectivity index is 4.13. The molecule has 0 unspecified atom stereocenters. The number of rotatable bonds is 8. The van der Waals surface area contributed by atoms with Crippen LogP contribution in [0.1, 0.15) is 46.5 Å². The lowest BCUT2D eigenvalue weighted by atomic mass is 10.1. The molecule has 0 bridgehead atoms. The van der Waals surface area contributed by atoms with Crippen LogP contribution in [0.3, 0.4) is 0 Å². The van der Waals surface area contributed by atoms with Crippen molar-refractivity contribution in [2.45, 2.75) is 52.6 Å². The quantitative estimate of drug-likeness (QED) is 0.422. The molecule has 0 aliphatic carbocycles. The van der Waals surface area contributed by atoms with E-state index in [0.717, 1.165) is 25.7 Å². The molecule has 16 heavy (non-hydrogen) atoms. The second-order valence-electron chi connectivity index (χ2n) is 3.79. The fourth-order valence-corrected chi connectivity index (χ4v) is 1.43. The van der Waals surface area contributed by atoms with Gasteiger partial charge in [-0.25, -0.2) is 4.39 Å². The largest absolute Gasteiger partial charge is 0.491 e. The topological polar surface area (TPSA) is 9.23 Å². The van der Waals surface area contributed by atoms with Crippen LogP contribution >= 0.6 is 0 Å². The van der Waals surface area contributed by atoms with Crippen LogP contribution < -0.4 is 0 Å². The molecule has 0 spiro atoms. The Morgan fingerprint density at radius 1 is 1.25 bits per heavy atom. The monoisotopic (exact) mass is 226 g/mol. The van der Waals surface area contributed by atoms with Crippen molar-refractivity contribution < 1.29 is 9.13 Å². The fraction of sp³-hybridized carbons (Fsp3) is 0.571. The summed E-state index contributed by atoms with van der Waals surface area (Å²) in [4.78, 5) is 0. The zero-order chi connectivity index (χ0) is 12.4. The van der Waals surface area contributed by atoms with Crippen LogP contribution in [0.15, 0.2) is 36.4 Å². The Morgan fingerprint density at radius 2 is 1.81 bits per heavy atom. The second-order valence-corrected chi connectivity index (χ2v) is 3.79. The summed E-state index contributed by atoms with van der Waals surface area (Å²) in [6, 6.07) is 0. The highest BCUT2D eigenvalue weighted by Crippen LogP contribution is 2.14. The summed E-state index contributed by atoms with van der Waals surface area (Å²) >= 11 is 0. The number of ether oxygens (including phenoxy) is 1. The standard InChI is InChI=1S/C14H23FO/c1-5-8-14(9-6-2)16-12(4)10-11-13(15)7-3/h7,10-11,14H,4-6,8-9H2,1-3H3/b11-10-,13-7+. The number of hydrogen-bond donors (Lipinski definition) is 0. The first-order chi connectivity index (χ1) is 7.63. The lowest BCUT2D eigenvalue weighted by molar-refractivity contribution is 0.108. The van der Waals surface area contributed by atoms with Crippen molar-refractivity contribution in [2.24, 2.45) is 0 Å². The summed E-state index contributed by atoms with van der Waals surface area (Å²) in [5, 5.41) is 0. The van der Waals surface area contributed by atoms with E-state index in [9.17, 15) is 4.39 Å². The summed E-state index contributed by atoms with van der Waals surface area (Å²) in [5.74, 6) is 0.260. The SMILES string of the molecule is C=C(/C=C\C(F)=C/C)OC(CCC)CCC. The fourth-order valence-electron chi connectivity index (χ4n) is 1.43. The van der Waals surface area contributed by atoms with Gasteiger partial charge in [0.2, 0.25) is 0 Å². The maximum atomic E-state index is 12.8. The van der Waals surface area contributed by atoms with E-state index in [2.05, 4.69) is 20.4 Å². The number of hydrogen-bond acceptors (Lipinski definition) is 1. The molecule has 0 fully saturated rings. The van der Waals surface area contributed by atoms with Gasteiger partial charge in [-0.1, -0.05) is 39.3 Å². The average molecular weight is 226 g/mol. The van der Waals surface area contributed by atoms with E-state index in [-0.39, 0.29) is 11.9 Å². The van der Waals surface area contributed by atoms with Crippen LogP contribution in [0.2, 0.25) is 0 Å². The molecule has 0 aromatic heterocycles. The maximum Gasteiger partial charge on any atom is 0.119 e. The molecule has 0 aliphatic rings. The predicted molar refractivity (Wildman–Crippen MR) is 67.8 cm³/mol. The Hall–Kier alpha value is -1.05. The van der Waals surface area contributed by atoms with Gasteiger partial charge in [-0.3, -0.25) is 0 Å². The van der Waals surface area contributed by atoms with E-state index >= 15 is 0 Å². The van der Waals surface area contributed by atoms with Gasteiger partial charge in [0.1, 0.15) is 11.6 Å². The van der Waals surface area contributed by atoms with Crippen molar-refractivity contribution in [3.8, 4) is 0 Å². The Labute approximate surface area is 98.7 Å². The molecule has 1 nitrogen and oxygen atoms in total. The number of allylic oxidation sites excluding steroid dienone is 4. The van der Waals surface area contributed by atoms with E-state index in [4.69, 9.17) is 4.74 Å². The third-order valence-electron chi connectivity index (χ3n) is 2.24. The first-order valence-electron chi connectivity index (χ1n) is 5.99. The van der Waals surface area contributed by atoms with Gasteiger partial charge in [0, 0.05) is 0 Å². The van der Waals surface area contributed by atoms with Crippen molar-refractivity contribution >= 4 is 0 Å². The van der Waals surface area contributed by atoms with Gasteiger partial charge in [-0.05, 0) is 31.9 Å². The van der Waals surface area contributed by atoms with E-state index in [1.165, 1.54) is 12.2 Å². The molecule has 0 amide bonds. The molecular formula is C14H23FO. The molecule has 0 aliphatic heterocycles. The normalized spacial score (nSPS) is 12.4. The first kappa shape index (κ1) is 14.9. The molecule has 0 saturated heterocycles. The molecule has 92 valence electrons. The second kappa shape index (κ2) is 9.20. The molecule has 0 aromatic carbocycles. The maximum absolute atomic E-state index is 12.8. The highest BCUT2D eigenvalue weighted by atomic mass is 19.1. The number of halogens is 1. The highest BCUT2D eigenvalue weighted by molar-refractivity contribution is 5.18. The molecule has 0 saturated carbocycles. The van der Waals surface area contributed by atoms with E-state index < -0.39 is 0 Å². The summed E-state index contributed by atoms with van der Waals surface area (Å²) in [7, 11) is 0. The highest BCUT2D eigenvalue weighted by Gasteiger charge is 2.07. The molecule has 0 rings (SSSR count). The van der Waals surface area contributed by atoms with Crippen LogP contribution in [0.25, 0.3) is 0 Å². The molecule has 0 aromatic rings. The summed E-state index contributed by atoms with van der Waals surface area (Å²) in [6.45, 7) is 9.67. The van der Waals surface area contributed by atoms with Crippen LogP contribution in [0, 0.1) is 0 Å². The molecule has 2 heteroatoms. The van der Waals surface area contributed by atoms with Gasteiger partial charge in [-0.15, -0.1) is 0 Å². The van der Waals surface area contributed by atoms with Crippen molar-refractivity contribution in [3.05, 3.63) is 36.4 Å². The van der Waals surface area contributed by atoms with Crippen LogP contribution in [0.4, 0.5) is 4.39 Å².